The van der Waals surface area contributed by atoms with E-state index in [0.717, 1.165) is 16.6 Å². The van der Waals surface area contributed by atoms with Crippen LogP contribution in [0.3, 0.4) is 0 Å². The van der Waals surface area contributed by atoms with Crippen LogP contribution in [0.5, 0.6) is 0 Å². The third kappa shape index (κ3) is 2.50. The van der Waals surface area contributed by atoms with Crippen LogP contribution >= 0.6 is 0 Å². The van der Waals surface area contributed by atoms with Crippen molar-refractivity contribution >= 4 is 16.7 Å². The molecule has 0 bridgehead atoms. The summed E-state index contributed by atoms with van der Waals surface area (Å²) in [5.41, 5.74) is 2.32. The lowest BCUT2D eigenvalue weighted by molar-refractivity contribution is 0.0991. The minimum atomic E-state index is 0.0379. The van der Waals surface area contributed by atoms with Gasteiger partial charge >= 0.3 is 0 Å². The zero-order chi connectivity index (χ0) is 13.1. The first kappa shape index (κ1) is 11.5. The Morgan fingerprint density at radius 3 is 2.74 bits per heavy atom. The molecule has 0 aliphatic heterocycles. The molecule has 0 atom stereocenters. The summed E-state index contributed by atoms with van der Waals surface area (Å²) >= 11 is 0. The Kier molecular flexibility index (Phi) is 3.02. The Hall–Kier alpha value is -2.55. The molecule has 0 saturated carbocycles. The van der Waals surface area contributed by atoms with Crippen LogP contribution in [0.25, 0.3) is 10.9 Å². The van der Waals surface area contributed by atoms with Crippen LogP contribution in [-0.4, -0.2) is 15.8 Å². The second-order valence-corrected chi connectivity index (χ2v) is 4.34. The number of carbonyl (C=O) groups is 1. The highest BCUT2D eigenvalue weighted by atomic mass is 16.1. The maximum atomic E-state index is 12.1. The Labute approximate surface area is 111 Å². The molecule has 0 N–H and O–H groups in total. The van der Waals surface area contributed by atoms with Crippen molar-refractivity contribution in [1.82, 2.24) is 9.97 Å². The minimum Gasteiger partial charge on any atom is -0.294 e. The summed E-state index contributed by atoms with van der Waals surface area (Å²) in [6.45, 7) is 0. The van der Waals surface area contributed by atoms with Gasteiger partial charge in [0.1, 0.15) is 0 Å². The van der Waals surface area contributed by atoms with Crippen LogP contribution in [0.2, 0.25) is 0 Å². The predicted molar refractivity (Wildman–Crippen MR) is 74.0 cm³/mol. The van der Waals surface area contributed by atoms with E-state index in [4.69, 9.17) is 0 Å². The standard InChI is InChI=1S/C16H12N2O/c19-16(13-5-3-9-17-11-13)10-14-8-7-12-4-1-2-6-15(12)18-14/h1-9,11H,10H2. The number of fused-ring (bicyclic) bond motifs is 1. The van der Waals surface area contributed by atoms with E-state index in [1.54, 1.807) is 24.5 Å². The van der Waals surface area contributed by atoms with E-state index in [1.165, 1.54) is 0 Å². The van der Waals surface area contributed by atoms with Crippen LogP contribution in [0.4, 0.5) is 0 Å². The van der Waals surface area contributed by atoms with E-state index >= 15 is 0 Å². The molecule has 3 nitrogen and oxygen atoms in total. The molecular formula is C16H12N2O. The number of Topliss-reactive ketones (excluding diaryl/α,β-unsaturated/α-hetero) is 1. The molecule has 1 aromatic carbocycles. The fraction of sp³-hybridized carbons (Fsp3) is 0.0625. The maximum Gasteiger partial charge on any atom is 0.170 e. The number of nitrogens with zero attached hydrogens (tertiary/aromatic N) is 2. The van der Waals surface area contributed by atoms with E-state index in [2.05, 4.69) is 9.97 Å². The Morgan fingerprint density at radius 2 is 1.89 bits per heavy atom. The fourth-order valence-corrected chi connectivity index (χ4v) is 2.00. The predicted octanol–water partition coefficient (Wildman–Crippen LogP) is 3.06. The SMILES string of the molecule is O=C(Cc1ccc2ccccc2n1)c1cccnc1. The van der Waals surface area contributed by atoms with Gasteiger partial charge in [-0.1, -0.05) is 24.3 Å². The van der Waals surface area contributed by atoms with E-state index in [0.29, 0.717) is 12.0 Å². The second kappa shape index (κ2) is 4.98. The number of hydrogen-bond acceptors (Lipinski definition) is 3. The van der Waals surface area contributed by atoms with Crippen LogP contribution in [-0.2, 0) is 6.42 Å². The monoisotopic (exact) mass is 248 g/mol. The highest BCUT2D eigenvalue weighted by molar-refractivity contribution is 5.97. The summed E-state index contributed by atoms with van der Waals surface area (Å²) < 4.78 is 0. The summed E-state index contributed by atoms with van der Waals surface area (Å²) in [5.74, 6) is 0.0379. The lowest BCUT2D eigenvalue weighted by Crippen LogP contribution is -2.05. The first-order chi connectivity index (χ1) is 9.33. The summed E-state index contributed by atoms with van der Waals surface area (Å²) in [5, 5.41) is 1.08. The number of benzene rings is 1. The van der Waals surface area contributed by atoms with Gasteiger partial charge in [-0.15, -0.1) is 0 Å². The Morgan fingerprint density at radius 1 is 1.00 bits per heavy atom. The van der Waals surface area contributed by atoms with Gasteiger partial charge in [0.2, 0.25) is 0 Å². The van der Waals surface area contributed by atoms with Crippen molar-refractivity contribution in [1.29, 1.82) is 0 Å². The lowest BCUT2D eigenvalue weighted by atomic mass is 10.1. The quantitative estimate of drug-likeness (QED) is 0.669. The zero-order valence-electron chi connectivity index (χ0n) is 10.3. The number of para-hydroxylation sites is 1. The molecule has 0 radical (unpaired) electrons. The molecule has 0 saturated heterocycles. The molecule has 3 rings (SSSR count). The number of carbonyl (C=O) groups excluding carboxylic acids is 1. The molecule has 2 heterocycles. The summed E-state index contributed by atoms with van der Waals surface area (Å²) in [6.07, 6.45) is 3.55. The summed E-state index contributed by atoms with van der Waals surface area (Å²) in [4.78, 5) is 20.5. The van der Waals surface area contributed by atoms with Gasteiger partial charge in [-0.2, -0.15) is 0 Å². The molecule has 92 valence electrons. The molecule has 0 fully saturated rings. The fourth-order valence-electron chi connectivity index (χ4n) is 2.00. The third-order valence-corrected chi connectivity index (χ3v) is 2.98. The normalized spacial score (nSPS) is 10.5. The molecule has 0 aliphatic carbocycles. The molecule has 3 aromatic rings. The van der Waals surface area contributed by atoms with E-state index in [1.807, 2.05) is 36.4 Å². The number of ketones is 1. The Balaban J connectivity index is 1.87. The zero-order valence-corrected chi connectivity index (χ0v) is 10.3. The summed E-state index contributed by atoms with van der Waals surface area (Å²) in [7, 11) is 0. The lowest BCUT2D eigenvalue weighted by Gasteiger charge is -2.02. The van der Waals surface area contributed by atoms with E-state index < -0.39 is 0 Å². The van der Waals surface area contributed by atoms with Crippen LogP contribution in [0.1, 0.15) is 16.1 Å². The van der Waals surface area contributed by atoms with E-state index in [9.17, 15) is 4.79 Å². The van der Waals surface area contributed by atoms with Gasteiger partial charge in [-0.3, -0.25) is 14.8 Å². The highest BCUT2D eigenvalue weighted by Gasteiger charge is 2.08. The molecule has 3 heteroatoms. The number of rotatable bonds is 3. The summed E-state index contributed by atoms with van der Waals surface area (Å²) in [6, 6.07) is 15.3. The van der Waals surface area contributed by atoms with Gasteiger partial charge in [0, 0.05) is 29.0 Å². The van der Waals surface area contributed by atoms with Crippen LogP contribution in [0.15, 0.2) is 60.9 Å². The smallest absolute Gasteiger partial charge is 0.170 e. The maximum absolute atomic E-state index is 12.1. The third-order valence-electron chi connectivity index (χ3n) is 2.98. The van der Waals surface area contributed by atoms with Crippen LogP contribution in [0, 0.1) is 0 Å². The van der Waals surface area contributed by atoms with Gasteiger partial charge < -0.3 is 0 Å². The first-order valence-corrected chi connectivity index (χ1v) is 6.11. The van der Waals surface area contributed by atoms with Gasteiger partial charge in [0.15, 0.2) is 5.78 Å². The van der Waals surface area contributed by atoms with Crippen molar-refractivity contribution in [2.45, 2.75) is 6.42 Å². The van der Waals surface area contributed by atoms with Gasteiger partial charge in [-0.25, -0.2) is 0 Å². The second-order valence-electron chi connectivity index (χ2n) is 4.34. The first-order valence-electron chi connectivity index (χ1n) is 6.11. The molecule has 2 aromatic heterocycles. The van der Waals surface area contributed by atoms with Crippen molar-refractivity contribution in [3.05, 3.63) is 72.2 Å². The molecule has 0 unspecified atom stereocenters. The van der Waals surface area contributed by atoms with Crippen molar-refractivity contribution in [2.75, 3.05) is 0 Å². The molecule has 0 spiro atoms. The van der Waals surface area contributed by atoms with E-state index in [-0.39, 0.29) is 5.78 Å². The van der Waals surface area contributed by atoms with Gasteiger partial charge in [0.25, 0.3) is 0 Å². The molecule has 0 aliphatic rings. The number of pyridine rings is 2. The van der Waals surface area contributed by atoms with Crippen molar-refractivity contribution in [3.63, 3.8) is 0 Å². The van der Waals surface area contributed by atoms with Crippen molar-refractivity contribution in [2.24, 2.45) is 0 Å². The van der Waals surface area contributed by atoms with Gasteiger partial charge in [-0.05, 0) is 24.3 Å². The number of aromatic nitrogens is 2. The molecule has 0 amide bonds. The van der Waals surface area contributed by atoms with Crippen molar-refractivity contribution < 1.29 is 4.79 Å². The molecule has 19 heavy (non-hydrogen) atoms. The average molecular weight is 248 g/mol. The topological polar surface area (TPSA) is 42.9 Å². The number of hydrogen-bond donors (Lipinski definition) is 0. The van der Waals surface area contributed by atoms with Crippen molar-refractivity contribution in [3.8, 4) is 0 Å². The molecular weight excluding hydrogens is 236 g/mol. The highest BCUT2D eigenvalue weighted by Crippen LogP contribution is 2.13. The van der Waals surface area contributed by atoms with Gasteiger partial charge in [0.05, 0.1) is 11.9 Å². The Bertz CT molecular complexity index is 723. The largest absolute Gasteiger partial charge is 0.294 e. The average Bonchev–Trinajstić information content (AvgIpc) is 2.48. The minimum absolute atomic E-state index is 0.0379. The van der Waals surface area contributed by atoms with Crippen LogP contribution < -0.4 is 0 Å².